The molecule has 4 aromatic rings. The van der Waals surface area contributed by atoms with Crippen molar-refractivity contribution in [3.05, 3.63) is 73.3 Å². The summed E-state index contributed by atoms with van der Waals surface area (Å²) in [5, 5.41) is 6.92. The molecule has 2 N–H and O–H groups in total. The van der Waals surface area contributed by atoms with Crippen molar-refractivity contribution in [2.24, 2.45) is 0 Å². The van der Waals surface area contributed by atoms with Crippen molar-refractivity contribution < 1.29 is 13.9 Å². The zero-order valence-electron chi connectivity index (χ0n) is 20.7. The SMILES string of the molecule is C=CC(=O)Nc1cc(Nc2nccc(-n3ccc4cc(F)ccc43)n2)c(OC)cc1N1CCN(C)CC1. The van der Waals surface area contributed by atoms with Crippen molar-refractivity contribution in [3.8, 4) is 11.6 Å². The number of hydrogen-bond donors (Lipinski definition) is 2. The number of amides is 1. The first-order valence-corrected chi connectivity index (χ1v) is 11.9. The largest absolute Gasteiger partial charge is 0.494 e. The van der Waals surface area contributed by atoms with Gasteiger partial charge in [0.1, 0.15) is 17.4 Å². The van der Waals surface area contributed by atoms with Crippen LogP contribution in [0.15, 0.2) is 67.5 Å². The van der Waals surface area contributed by atoms with Gasteiger partial charge in [0, 0.05) is 50.0 Å². The van der Waals surface area contributed by atoms with Crippen molar-refractivity contribution >= 4 is 39.8 Å². The maximum Gasteiger partial charge on any atom is 0.247 e. The Morgan fingerprint density at radius 2 is 1.92 bits per heavy atom. The first-order chi connectivity index (χ1) is 17.9. The standard InChI is InChI=1S/C27H28FN7O2/c1-4-26(36)30-20-16-21(24(37-3)17-23(20)34-13-11-33(2)12-14-34)31-27-29-9-7-25(32-27)35-10-8-18-15-19(28)5-6-22(18)35/h4-10,15-17H,1,11-14H2,2-3H3,(H,30,36)(H,29,31,32). The maximum absolute atomic E-state index is 13.6. The topological polar surface area (TPSA) is 87.5 Å². The lowest BCUT2D eigenvalue weighted by molar-refractivity contribution is -0.111. The molecule has 3 heterocycles. The Labute approximate surface area is 214 Å². The molecule has 0 aliphatic carbocycles. The lowest BCUT2D eigenvalue weighted by Crippen LogP contribution is -2.44. The Balaban J connectivity index is 1.49. The van der Waals surface area contributed by atoms with Crippen LogP contribution in [0.1, 0.15) is 0 Å². The average Bonchev–Trinajstić information content (AvgIpc) is 3.32. The Hall–Kier alpha value is -4.44. The summed E-state index contributed by atoms with van der Waals surface area (Å²) in [6.07, 6.45) is 4.72. The zero-order valence-corrected chi connectivity index (χ0v) is 20.7. The predicted molar refractivity (Wildman–Crippen MR) is 144 cm³/mol. The Bertz CT molecular complexity index is 1460. The van der Waals surface area contributed by atoms with E-state index in [-0.39, 0.29) is 11.7 Å². The highest BCUT2D eigenvalue weighted by Crippen LogP contribution is 2.38. The van der Waals surface area contributed by atoms with E-state index < -0.39 is 0 Å². The summed E-state index contributed by atoms with van der Waals surface area (Å²) in [7, 11) is 3.69. The molecular weight excluding hydrogens is 473 g/mol. The molecule has 0 spiro atoms. The number of piperazine rings is 1. The van der Waals surface area contributed by atoms with Crippen LogP contribution in [-0.4, -0.2) is 65.7 Å². The molecule has 190 valence electrons. The summed E-state index contributed by atoms with van der Waals surface area (Å²) < 4.78 is 21.2. The molecular formula is C27H28FN7O2. The van der Waals surface area contributed by atoms with Gasteiger partial charge in [0.05, 0.1) is 29.7 Å². The molecule has 0 radical (unpaired) electrons. The minimum Gasteiger partial charge on any atom is -0.494 e. The van der Waals surface area contributed by atoms with E-state index in [4.69, 9.17) is 4.74 Å². The van der Waals surface area contributed by atoms with Gasteiger partial charge in [-0.3, -0.25) is 4.79 Å². The van der Waals surface area contributed by atoms with Crippen LogP contribution in [-0.2, 0) is 4.79 Å². The van der Waals surface area contributed by atoms with Gasteiger partial charge in [-0.25, -0.2) is 9.37 Å². The highest BCUT2D eigenvalue weighted by Gasteiger charge is 2.21. The molecule has 1 fully saturated rings. The number of rotatable bonds is 7. The van der Waals surface area contributed by atoms with Gasteiger partial charge in [-0.05, 0) is 49.5 Å². The third-order valence-corrected chi connectivity index (χ3v) is 6.39. The molecule has 2 aromatic heterocycles. The fourth-order valence-corrected chi connectivity index (χ4v) is 4.41. The van der Waals surface area contributed by atoms with E-state index >= 15 is 0 Å². The first kappa shape index (κ1) is 24.3. The molecule has 0 atom stereocenters. The summed E-state index contributed by atoms with van der Waals surface area (Å²) in [5.41, 5.74) is 2.92. The van der Waals surface area contributed by atoms with Crippen LogP contribution in [0.4, 0.5) is 27.4 Å². The lowest BCUT2D eigenvalue weighted by Gasteiger charge is -2.35. The average molecular weight is 502 g/mol. The number of benzene rings is 2. The number of nitrogens with zero attached hydrogens (tertiary/aromatic N) is 5. The Morgan fingerprint density at radius 3 is 2.68 bits per heavy atom. The molecule has 1 aliphatic rings. The van der Waals surface area contributed by atoms with E-state index in [0.29, 0.717) is 28.9 Å². The van der Waals surface area contributed by atoms with Crippen LogP contribution in [0.25, 0.3) is 16.7 Å². The van der Waals surface area contributed by atoms with Crippen LogP contribution in [0.2, 0.25) is 0 Å². The summed E-state index contributed by atoms with van der Waals surface area (Å²) >= 11 is 0. The van der Waals surface area contributed by atoms with E-state index in [0.717, 1.165) is 42.8 Å². The van der Waals surface area contributed by atoms with E-state index in [1.807, 2.05) is 29.0 Å². The third-order valence-electron chi connectivity index (χ3n) is 6.39. The van der Waals surface area contributed by atoms with E-state index in [1.54, 1.807) is 25.4 Å². The minimum absolute atomic E-state index is 0.290. The fraction of sp³-hybridized carbons (Fsp3) is 0.222. The molecule has 0 unspecified atom stereocenters. The number of hydrogen-bond acceptors (Lipinski definition) is 7. The number of carbonyl (C=O) groups is 1. The number of halogens is 1. The molecule has 1 saturated heterocycles. The molecule has 1 amide bonds. The van der Waals surface area contributed by atoms with E-state index in [9.17, 15) is 9.18 Å². The number of carbonyl (C=O) groups excluding carboxylic acids is 1. The van der Waals surface area contributed by atoms with Gasteiger partial charge in [0.15, 0.2) is 0 Å². The van der Waals surface area contributed by atoms with E-state index in [2.05, 4.69) is 44.0 Å². The number of methoxy groups -OCH3 is 1. The van der Waals surface area contributed by atoms with Crippen LogP contribution in [0.3, 0.4) is 0 Å². The van der Waals surface area contributed by atoms with Crippen LogP contribution >= 0.6 is 0 Å². The molecule has 0 saturated carbocycles. The molecule has 10 heteroatoms. The Kier molecular flexibility index (Phi) is 6.74. The normalized spacial score (nSPS) is 14.0. The summed E-state index contributed by atoms with van der Waals surface area (Å²) in [4.78, 5) is 25.8. The van der Waals surface area contributed by atoms with Gasteiger partial charge < -0.3 is 29.7 Å². The summed E-state index contributed by atoms with van der Waals surface area (Å²) in [6.45, 7) is 7.05. The van der Waals surface area contributed by atoms with Crippen LogP contribution < -0.4 is 20.3 Å². The third kappa shape index (κ3) is 5.10. The molecule has 2 aromatic carbocycles. The minimum atomic E-state index is -0.305. The summed E-state index contributed by atoms with van der Waals surface area (Å²) in [6, 6.07) is 12.0. The van der Waals surface area contributed by atoms with Gasteiger partial charge in [-0.15, -0.1) is 0 Å². The predicted octanol–water partition coefficient (Wildman–Crippen LogP) is 4.19. The van der Waals surface area contributed by atoms with Gasteiger partial charge in [-0.1, -0.05) is 6.58 Å². The number of aromatic nitrogens is 3. The summed E-state index contributed by atoms with van der Waals surface area (Å²) in [5.74, 6) is 0.948. The second kappa shape index (κ2) is 10.3. The number of fused-ring (bicyclic) bond motifs is 1. The van der Waals surface area contributed by atoms with Crippen molar-refractivity contribution in [2.75, 3.05) is 55.9 Å². The molecule has 1 aliphatic heterocycles. The number of nitrogens with one attached hydrogen (secondary N) is 2. The highest BCUT2D eigenvalue weighted by molar-refractivity contribution is 6.02. The van der Waals surface area contributed by atoms with Crippen molar-refractivity contribution in [3.63, 3.8) is 0 Å². The second-order valence-corrected chi connectivity index (χ2v) is 8.81. The monoisotopic (exact) mass is 501 g/mol. The Morgan fingerprint density at radius 1 is 1.11 bits per heavy atom. The van der Waals surface area contributed by atoms with Crippen LogP contribution in [0, 0.1) is 5.82 Å². The quantitative estimate of drug-likeness (QED) is 0.367. The van der Waals surface area contributed by atoms with Crippen molar-refractivity contribution in [1.82, 2.24) is 19.4 Å². The number of anilines is 4. The van der Waals surface area contributed by atoms with Gasteiger partial charge in [-0.2, -0.15) is 4.98 Å². The second-order valence-electron chi connectivity index (χ2n) is 8.81. The molecule has 37 heavy (non-hydrogen) atoms. The van der Waals surface area contributed by atoms with Crippen LogP contribution in [0.5, 0.6) is 5.75 Å². The lowest BCUT2D eigenvalue weighted by atomic mass is 10.1. The zero-order chi connectivity index (χ0) is 25.9. The van der Waals surface area contributed by atoms with Gasteiger partial charge >= 0.3 is 0 Å². The molecule has 9 nitrogen and oxygen atoms in total. The fourth-order valence-electron chi connectivity index (χ4n) is 4.41. The number of likely N-dealkylation sites (N-methyl/N-ethyl adjacent to an activating group) is 1. The van der Waals surface area contributed by atoms with Gasteiger partial charge in [0.2, 0.25) is 11.9 Å². The van der Waals surface area contributed by atoms with Crippen molar-refractivity contribution in [2.45, 2.75) is 0 Å². The highest BCUT2D eigenvalue weighted by atomic mass is 19.1. The molecule has 0 bridgehead atoms. The number of ether oxygens (including phenoxy) is 1. The molecule has 5 rings (SSSR count). The maximum atomic E-state index is 13.6. The smallest absolute Gasteiger partial charge is 0.247 e. The van der Waals surface area contributed by atoms with E-state index in [1.165, 1.54) is 18.2 Å². The van der Waals surface area contributed by atoms with Crippen molar-refractivity contribution in [1.29, 1.82) is 0 Å². The van der Waals surface area contributed by atoms with Gasteiger partial charge in [0.25, 0.3) is 0 Å². The first-order valence-electron chi connectivity index (χ1n) is 11.9.